The van der Waals surface area contributed by atoms with Crippen LogP contribution in [0.3, 0.4) is 0 Å². The number of anilines is 1. The van der Waals surface area contributed by atoms with E-state index in [2.05, 4.69) is 4.98 Å². The number of rotatable bonds is 3. The van der Waals surface area contributed by atoms with Crippen LogP contribution in [0, 0.1) is 21.4 Å². The summed E-state index contributed by atoms with van der Waals surface area (Å²) in [6, 6.07) is 3.10. The molecule has 2 atom stereocenters. The maximum atomic E-state index is 11.2. The van der Waals surface area contributed by atoms with Crippen molar-refractivity contribution in [1.29, 1.82) is 5.26 Å². The Morgan fingerprint density at radius 2 is 2.40 bits per heavy atom. The highest BCUT2D eigenvalue weighted by Gasteiger charge is 2.31. The van der Waals surface area contributed by atoms with Crippen molar-refractivity contribution in [1.82, 2.24) is 4.98 Å². The van der Waals surface area contributed by atoms with Crippen LogP contribution in [0.15, 0.2) is 12.3 Å². The van der Waals surface area contributed by atoms with Crippen LogP contribution in [-0.2, 0) is 0 Å². The normalized spacial score (nSPS) is 20.2. The zero-order valence-corrected chi connectivity index (χ0v) is 11.3. The lowest BCUT2D eigenvalue weighted by atomic mass is 9.97. The van der Waals surface area contributed by atoms with Crippen LogP contribution < -0.4 is 10.6 Å². The minimum atomic E-state index is -0.490. The van der Waals surface area contributed by atoms with Crippen molar-refractivity contribution in [3.05, 3.63) is 27.9 Å². The molecule has 2 unspecified atom stereocenters. The summed E-state index contributed by atoms with van der Waals surface area (Å²) in [6.07, 6.45) is 4.29. The lowest BCUT2D eigenvalue weighted by molar-refractivity contribution is -0.384. The molecule has 7 heteroatoms. The number of aromatic nitrogens is 1. The molecule has 20 heavy (non-hydrogen) atoms. The molecule has 0 saturated carbocycles. The SMILES string of the molecule is CC(N)C1CCCCN1c1ncc(C#N)cc1[N+](=O)[O-]. The fourth-order valence-electron chi connectivity index (χ4n) is 2.63. The maximum absolute atomic E-state index is 11.2. The van der Waals surface area contributed by atoms with E-state index in [4.69, 9.17) is 11.0 Å². The van der Waals surface area contributed by atoms with E-state index in [1.807, 2.05) is 17.9 Å². The molecule has 0 amide bonds. The van der Waals surface area contributed by atoms with Crippen LogP contribution in [-0.4, -0.2) is 28.5 Å². The zero-order chi connectivity index (χ0) is 14.7. The third kappa shape index (κ3) is 2.70. The van der Waals surface area contributed by atoms with Crippen molar-refractivity contribution < 1.29 is 4.92 Å². The predicted molar refractivity (Wildman–Crippen MR) is 74.2 cm³/mol. The molecule has 1 aliphatic heterocycles. The van der Waals surface area contributed by atoms with Gasteiger partial charge in [-0.15, -0.1) is 0 Å². The van der Waals surface area contributed by atoms with Crippen LogP contribution in [0.2, 0.25) is 0 Å². The summed E-state index contributed by atoms with van der Waals surface area (Å²) in [5.41, 5.74) is 6.05. The van der Waals surface area contributed by atoms with Gasteiger partial charge in [0.2, 0.25) is 5.82 Å². The average molecular weight is 275 g/mol. The molecule has 1 saturated heterocycles. The summed E-state index contributed by atoms with van der Waals surface area (Å²) in [5, 5.41) is 20.0. The molecule has 106 valence electrons. The van der Waals surface area contributed by atoms with Crippen molar-refractivity contribution in [3.8, 4) is 6.07 Å². The van der Waals surface area contributed by atoms with Gasteiger partial charge in [-0.05, 0) is 26.2 Å². The van der Waals surface area contributed by atoms with Crippen molar-refractivity contribution >= 4 is 11.5 Å². The molecule has 2 heterocycles. The number of nitro groups is 1. The van der Waals surface area contributed by atoms with Gasteiger partial charge in [0, 0.05) is 30.9 Å². The molecule has 1 aromatic heterocycles. The van der Waals surface area contributed by atoms with E-state index in [-0.39, 0.29) is 23.3 Å². The zero-order valence-electron chi connectivity index (χ0n) is 11.3. The van der Waals surface area contributed by atoms with Gasteiger partial charge in [-0.3, -0.25) is 10.1 Å². The van der Waals surface area contributed by atoms with Crippen LogP contribution in [0.5, 0.6) is 0 Å². The Morgan fingerprint density at radius 1 is 1.65 bits per heavy atom. The van der Waals surface area contributed by atoms with Gasteiger partial charge in [0.25, 0.3) is 0 Å². The van der Waals surface area contributed by atoms with Crippen LogP contribution in [0.1, 0.15) is 31.7 Å². The van der Waals surface area contributed by atoms with E-state index in [1.54, 1.807) is 0 Å². The van der Waals surface area contributed by atoms with Gasteiger partial charge in [0.05, 0.1) is 10.5 Å². The monoisotopic (exact) mass is 275 g/mol. The molecule has 7 nitrogen and oxygen atoms in total. The summed E-state index contributed by atoms with van der Waals surface area (Å²) in [6.45, 7) is 2.60. The first-order valence-corrected chi connectivity index (χ1v) is 6.61. The van der Waals surface area contributed by atoms with Crippen LogP contribution >= 0.6 is 0 Å². The number of hydrogen-bond acceptors (Lipinski definition) is 6. The Morgan fingerprint density at radius 3 is 3.00 bits per heavy atom. The van der Waals surface area contributed by atoms with Crippen molar-refractivity contribution in [2.24, 2.45) is 5.73 Å². The van der Waals surface area contributed by atoms with Gasteiger partial charge in [-0.1, -0.05) is 0 Å². The van der Waals surface area contributed by atoms with Gasteiger partial charge >= 0.3 is 5.69 Å². The minimum absolute atomic E-state index is 0.0443. The van der Waals surface area contributed by atoms with E-state index in [0.29, 0.717) is 12.4 Å². The highest BCUT2D eigenvalue weighted by molar-refractivity contribution is 5.61. The molecule has 2 N–H and O–H groups in total. The number of piperidine rings is 1. The molecule has 0 aliphatic carbocycles. The standard InChI is InChI=1S/C13H17N5O2/c1-9(15)11-4-2-3-5-17(11)13-12(18(19)20)6-10(7-14)8-16-13/h6,8-9,11H,2-5,15H2,1H3. The predicted octanol–water partition coefficient (Wildman–Crippen LogP) is 1.57. The Kier molecular flexibility index (Phi) is 4.15. The smallest absolute Gasteiger partial charge is 0.312 e. The molecule has 1 aliphatic rings. The quantitative estimate of drug-likeness (QED) is 0.662. The largest absolute Gasteiger partial charge is 0.346 e. The Balaban J connectivity index is 2.45. The van der Waals surface area contributed by atoms with Crippen molar-refractivity contribution in [3.63, 3.8) is 0 Å². The van der Waals surface area contributed by atoms with E-state index in [9.17, 15) is 10.1 Å². The van der Waals surface area contributed by atoms with E-state index >= 15 is 0 Å². The lowest BCUT2D eigenvalue weighted by Crippen LogP contribution is -2.49. The fraction of sp³-hybridized carbons (Fsp3) is 0.538. The number of nitrogens with zero attached hydrogens (tertiary/aromatic N) is 4. The van der Waals surface area contributed by atoms with Crippen LogP contribution in [0.25, 0.3) is 0 Å². The Labute approximate surface area is 117 Å². The Bertz CT molecular complexity index is 552. The number of nitriles is 1. The van der Waals surface area contributed by atoms with E-state index in [1.165, 1.54) is 12.3 Å². The minimum Gasteiger partial charge on any atom is -0.346 e. The highest BCUT2D eigenvalue weighted by Crippen LogP contribution is 2.32. The van der Waals surface area contributed by atoms with E-state index in [0.717, 1.165) is 19.3 Å². The third-order valence-corrected chi connectivity index (χ3v) is 3.60. The molecular formula is C13H17N5O2. The lowest BCUT2D eigenvalue weighted by Gasteiger charge is -2.38. The number of pyridine rings is 1. The van der Waals surface area contributed by atoms with Gasteiger partial charge < -0.3 is 10.6 Å². The second kappa shape index (κ2) is 5.84. The molecule has 0 spiro atoms. The molecule has 2 rings (SSSR count). The fourth-order valence-corrected chi connectivity index (χ4v) is 2.63. The first-order chi connectivity index (χ1) is 9.54. The topological polar surface area (TPSA) is 109 Å². The second-order valence-corrected chi connectivity index (χ2v) is 5.05. The molecule has 1 aromatic rings. The summed E-state index contributed by atoms with van der Waals surface area (Å²) >= 11 is 0. The van der Waals surface area contributed by atoms with Gasteiger partial charge in [-0.25, -0.2) is 4.98 Å². The molecule has 0 aromatic carbocycles. The average Bonchev–Trinajstić information content (AvgIpc) is 2.46. The maximum Gasteiger partial charge on any atom is 0.312 e. The van der Waals surface area contributed by atoms with Crippen LogP contribution in [0.4, 0.5) is 11.5 Å². The number of nitrogens with two attached hydrogens (primary N) is 1. The molecule has 1 fully saturated rings. The first kappa shape index (κ1) is 14.2. The van der Waals surface area contributed by atoms with Crippen molar-refractivity contribution in [2.75, 3.05) is 11.4 Å². The molecule has 0 bridgehead atoms. The summed E-state index contributed by atoms with van der Waals surface area (Å²) < 4.78 is 0. The van der Waals surface area contributed by atoms with E-state index < -0.39 is 4.92 Å². The summed E-state index contributed by atoms with van der Waals surface area (Å²) in [5.74, 6) is 0.316. The van der Waals surface area contributed by atoms with Gasteiger partial charge in [0.1, 0.15) is 6.07 Å². The third-order valence-electron chi connectivity index (χ3n) is 3.60. The highest BCUT2D eigenvalue weighted by atomic mass is 16.6. The molecular weight excluding hydrogens is 258 g/mol. The second-order valence-electron chi connectivity index (χ2n) is 5.05. The summed E-state index contributed by atoms with van der Waals surface area (Å²) in [7, 11) is 0. The summed E-state index contributed by atoms with van der Waals surface area (Å²) in [4.78, 5) is 16.8. The van der Waals surface area contributed by atoms with Gasteiger partial charge in [0.15, 0.2) is 0 Å². The molecule has 0 radical (unpaired) electrons. The van der Waals surface area contributed by atoms with Gasteiger partial charge in [-0.2, -0.15) is 5.26 Å². The van der Waals surface area contributed by atoms with Crippen molar-refractivity contribution in [2.45, 2.75) is 38.3 Å². The first-order valence-electron chi connectivity index (χ1n) is 6.61. The number of hydrogen-bond donors (Lipinski definition) is 1. The Hall–Kier alpha value is -2.20.